The minimum atomic E-state index is 0.880. The molecule has 0 bridgehead atoms. The van der Waals surface area contributed by atoms with Crippen molar-refractivity contribution in [3.8, 4) is 0 Å². The van der Waals surface area contributed by atoms with Crippen LogP contribution in [0.5, 0.6) is 0 Å². The molecule has 1 aromatic heterocycles. The Morgan fingerprint density at radius 3 is 2.80 bits per heavy atom. The van der Waals surface area contributed by atoms with E-state index in [-0.39, 0.29) is 0 Å². The third kappa shape index (κ3) is 2.52. The van der Waals surface area contributed by atoms with Crippen molar-refractivity contribution in [2.45, 2.75) is 39.0 Å². The van der Waals surface area contributed by atoms with E-state index in [2.05, 4.69) is 23.4 Å². The lowest BCUT2D eigenvalue weighted by molar-refractivity contribution is 0.576. The molecule has 1 saturated carbocycles. The van der Waals surface area contributed by atoms with Crippen LogP contribution < -0.4 is 5.32 Å². The van der Waals surface area contributed by atoms with Crippen LogP contribution in [0.3, 0.4) is 0 Å². The van der Waals surface area contributed by atoms with Crippen molar-refractivity contribution in [3.05, 3.63) is 11.8 Å². The largest absolute Gasteiger partial charge is 0.370 e. The number of hydrogen-bond acceptors (Lipinski definition) is 2. The van der Waals surface area contributed by atoms with Gasteiger partial charge in [0.15, 0.2) is 0 Å². The van der Waals surface area contributed by atoms with Crippen LogP contribution in [0.1, 0.15) is 38.3 Å². The Hall–Kier alpha value is -0.990. The first kappa shape index (κ1) is 10.5. The quantitative estimate of drug-likeness (QED) is 0.822. The van der Waals surface area contributed by atoms with E-state index < -0.39 is 0 Å². The fourth-order valence-corrected chi connectivity index (χ4v) is 2.33. The Morgan fingerprint density at radius 2 is 2.20 bits per heavy atom. The van der Waals surface area contributed by atoms with Gasteiger partial charge in [-0.15, -0.1) is 0 Å². The van der Waals surface area contributed by atoms with Crippen LogP contribution in [0, 0.1) is 5.92 Å². The smallest absolute Gasteiger partial charge is 0.124 e. The Kier molecular flexibility index (Phi) is 3.29. The fraction of sp³-hybridized carbons (Fsp3) is 0.750. The summed E-state index contributed by atoms with van der Waals surface area (Å²) in [5.41, 5.74) is 1.17. The van der Waals surface area contributed by atoms with E-state index in [1.54, 1.807) is 0 Å². The number of hydrogen-bond donors (Lipinski definition) is 1. The minimum absolute atomic E-state index is 0.880. The van der Waals surface area contributed by atoms with E-state index in [1.165, 1.54) is 37.2 Å². The standard InChI is InChI=1S/C12H21N3/c1-3-11-8-12(15(2)14-11)13-9-10-6-4-5-7-10/h8,10,13H,3-7,9H2,1-2H3. The van der Waals surface area contributed by atoms with E-state index >= 15 is 0 Å². The Morgan fingerprint density at radius 1 is 1.47 bits per heavy atom. The monoisotopic (exact) mass is 207 g/mol. The summed E-state index contributed by atoms with van der Waals surface area (Å²) in [6.07, 6.45) is 6.63. The average molecular weight is 207 g/mol. The number of aromatic nitrogens is 2. The van der Waals surface area contributed by atoms with Crippen LogP contribution in [0.25, 0.3) is 0 Å². The predicted molar refractivity (Wildman–Crippen MR) is 63.0 cm³/mol. The van der Waals surface area contributed by atoms with Crippen molar-refractivity contribution in [2.75, 3.05) is 11.9 Å². The van der Waals surface area contributed by atoms with Crippen LogP contribution in [0.2, 0.25) is 0 Å². The van der Waals surface area contributed by atoms with Gasteiger partial charge < -0.3 is 5.32 Å². The van der Waals surface area contributed by atoms with E-state index in [9.17, 15) is 0 Å². The van der Waals surface area contributed by atoms with E-state index in [1.807, 2.05) is 11.7 Å². The summed E-state index contributed by atoms with van der Waals surface area (Å²) in [6.45, 7) is 3.26. The second kappa shape index (κ2) is 4.69. The van der Waals surface area contributed by atoms with Crippen molar-refractivity contribution in [2.24, 2.45) is 13.0 Å². The highest BCUT2D eigenvalue weighted by Crippen LogP contribution is 2.25. The lowest BCUT2D eigenvalue weighted by Gasteiger charge is -2.11. The molecule has 0 radical (unpaired) electrons. The zero-order valence-corrected chi connectivity index (χ0v) is 9.79. The molecule has 1 N–H and O–H groups in total. The second-order valence-electron chi connectivity index (χ2n) is 4.53. The molecule has 0 aromatic carbocycles. The Bertz CT molecular complexity index is 311. The maximum atomic E-state index is 4.43. The third-order valence-electron chi connectivity index (χ3n) is 3.34. The second-order valence-corrected chi connectivity index (χ2v) is 4.53. The first-order valence-corrected chi connectivity index (χ1v) is 6.06. The highest BCUT2D eigenvalue weighted by atomic mass is 15.3. The zero-order chi connectivity index (χ0) is 10.7. The van der Waals surface area contributed by atoms with Crippen LogP contribution in [0.15, 0.2) is 6.07 Å². The number of aryl methyl sites for hydroxylation is 2. The number of nitrogens with one attached hydrogen (secondary N) is 1. The van der Waals surface area contributed by atoms with Gasteiger partial charge in [0.25, 0.3) is 0 Å². The summed E-state index contributed by atoms with van der Waals surface area (Å²) in [7, 11) is 2.01. The van der Waals surface area contributed by atoms with Gasteiger partial charge in [-0.3, -0.25) is 4.68 Å². The molecule has 1 fully saturated rings. The average Bonchev–Trinajstić information content (AvgIpc) is 2.84. The molecule has 0 atom stereocenters. The molecule has 1 aromatic rings. The molecular formula is C12H21N3. The van der Waals surface area contributed by atoms with Gasteiger partial charge >= 0.3 is 0 Å². The van der Waals surface area contributed by atoms with Crippen molar-refractivity contribution >= 4 is 5.82 Å². The molecule has 15 heavy (non-hydrogen) atoms. The summed E-state index contributed by atoms with van der Waals surface area (Å²) in [5, 5.41) is 7.94. The van der Waals surface area contributed by atoms with E-state index in [0.29, 0.717) is 0 Å². The zero-order valence-electron chi connectivity index (χ0n) is 9.79. The summed E-state index contributed by atoms with van der Waals surface area (Å²) >= 11 is 0. The first-order valence-electron chi connectivity index (χ1n) is 6.06. The van der Waals surface area contributed by atoms with Crippen LogP contribution in [-0.2, 0) is 13.5 Å². The van der Waals surface area contributed by atoms with Gasteiger partial charge in [0.1, 0.15) is 5.82 Å². The lowest BCUT2D eigenvalue weighted by Crippen LogP contribution is -2.13. The predicted octanol–water partition coefficient (Wildman–Crippen LogP) is 2.58. The molecule has 1 heterocycles. The van der Waals surface area contributed by atoms with Crippen LogP contribution in [0.4, 0.5) is 5.82 Å². The molecule has 0 aliphatic heterocycles. The fourth-order valence-electron chi connectivity index (χ4n) is 2.33. The maximum Gasteiger partial charge on any atom is 0.124 e. The molecule has 0 unspecified atom stereocenters. The minimum Gasteiger partial charge on any atom is -0.370 e. The van der Waals surface area contributed by atoms with Gasteiger partial charge in [-0.2, -0.15) is 5.10 Å². The molecule has 2 rings (SSSR count). The number of nitrogens with zero attached hydrogens (tertiary/aromatic N) is 2. The highest BCUT2D eigenvalue weighted by Gasteiger charge is 2.15. The normalized spacial score (nSPS) is 17.2. The van der Waals surface area contributed by atoms with Crippen molar-refractivity contribution in [1.29, 1.82) is 0 Å². The topological polar surface area (TPSA) is 29.9 Å². The summed E-state index contributed by atoms with van der Waals surface area (Å²) in [4.78, 5) is 0. The van der Waals surface area contributed by atoms with Gasteiger partial charge in [-0.25, -0.2) is 0 Å². The van der Waals surface area contributed by atoms with Crippen molar-refractivity contribution in [1.82, 2.24) is 9.78 Å². The molecule has 0 saturated heterocycles. The first-order chi connectivity index (χ1) is 7.29. The van der Waals surface area contributed by atoms with E-state index in [0.717, 1.165) is 18.9 Å². The molecule has 3 nitrogen and oxygen atoms in total. The molecular weight excluding hydrogens is 186 g/mol. The summed E-state index contributed by atoms with van der Waals surface area (Å²) in [5.74, 6) is 2.05. The number of anilines is 1. The molecule has 3 heteroatoms. The van der Waals surface area contributed by atoms with Crippen molar-refractivity contribution in [3.63, 3.8) is 0 Å². The molecule has 0 spiro atoms. The maximum absolute atomic E-state index is 4.43. The molecule has 84 valence electrons. The van der Waals surface area contributed by atoms with E-state index in [4.69, 9.17) is 0 Å². The van der Waals surface area contributed by atoms with Crippen molar-refractivity contribution < 1.29 is 0 Å². The molecule has 0 amide bonds. The van der Waals surface area contributed by atoms with Crippen LogP contribution in [-0.4, -0.2) is 16.3 Å². The Balaban J connectivity index is 1.89. The molecule has 1 aliphatic carbocycles. The van der Waals surface area contributed by atoms with Gasteiger partial charge in [0.05, 0.1) is 5.69 Å². The Labute approximate surface area is 91.9 Å². The van der Waals surface area contributed by atoms with Gasteiger partial charge in [0.2, 0.25) is 0 Å². The lowest BCUT2D eigenvalue weighted by atomic mass is 10.1. The van der Waals surface area contributed by atoms with Gasteiger partial charge in [-0.05, 0) is 25.2 Å². The van der Waals surface area contributed by atoms with Crippen LogP contribution >= 0.6 is 0 Å². The highest BCUT2D eigenvalue weighted by molar-refractivity contribution is 5.36. The summed E-state index contributed by atoms with van der Waals surface area (Å²) in [6, 6.07) is 2.16. The molecule has 1 aliphatic rings. The third-order valence-corrected chi connectivity index (χ3v) is 3.34. The van der Waals surface area contributed by atoms with Gasteiger partial charge in [0, 0.05) is 19.7 Å². The number of rotatable bonds is 4. The SMILES string of the molecule is CCc1cc(NCC2CCCC2)n(C)n1. The summed E-state index contributed by atoms with van der Waals surface area (Å²) < 4.78 is 1.95. The van der Waals surface area contributed by atoms with Gasteiger partial charge in [-0.1, -0.05) is 19.8 Å².